The highest BCUT2D eigenvalue weighted by Crippen LogP contribution is 2.22. The average Bonchev–Trinajstić information content (AvgIpc) is 2.39. The Morgan fingerprint density at radius 3 is 2.74 bits per heavy atom. The summed E-state index contributed by atoms with van der Waals surface area (Å²) >= 11 is 0. The summed E-state index contributed by atoms with van der Waals surface area (Å²) in [6.07, 6.45) is 4.88. The minimum Gasteiger partial charge on any atom is -0.356 e. The van der Waals surface area contributed by atoms with E-state index in [2.05, 4.69) is 40.1 Å². The lowest BCUT2D eigenvalue weighted by Crippen LogP contribution is -2.33. The van der Waals surface area contributed by atoms with Crippen LogP contribution in [0.25, 0.3) is 0 Å². The molecule has 0 unspecified atom stereocenters. The number of rotatable bonds is 5. The van der Waals surface area contributed by atoms with E-state index in [1.165, 1.54) is 19.3 Å². The molecule has 19 heavy (non-hydrogen) atoms. The van der Waals surface area contributed by atoms with Crippen molar-refractivity contribution in [1.82, 2.24) is 9.97 Å². The lowest BCUT2D eigenvalue weighted by atomic mass is 9.99. The Bertz CT molecular complexity index is 397. The predicted octanol–water partition coefficient (Wildman–Crippen LogP) is 3.23. The van der Waals surface area contributed by atoms with Crippen LogP contribution >= 0.6 is 0 Å². The number of nitrogens with zero attached hydrogens (tertiary/aromatic N) is 3. The first-order valence-electron chi connectivity index (χ1n) is 7.53. The van der Waals surface area contributed by atoms with Crippen LogP contribution in [-0.4, -0.2) is 29.6 Å². The summed E-state index contributed by atoms with van der Waals surface area (Å²) in [6, 6.07) is 2.10. The maximum Gasteiger partial charge on any atom is 0.224 e. The van der Waals surface area contributed by atoms with Gasteiger partial charge in [-0.15, -0.1) is 0 Å². The van der Waals surface area contributed by atoms with Gasteiger partial charge in [-0.25, -0.2) is 4.98 Å². The molecule has 0 saturated carbocycles. The van der Waals surface area contributed by atoms with Gasteiger partial charge in [-0.2, -0.15) is 4.98 Å². The third-order valence-corrected chi connectivity index (χ3v) is 3.76. The van der Waals surface area contributed by atoms with Crippen LogP contribution in [0.4, 0.5) is 11.8 Å². The molecule has 1 fully saturated rings. The van der Waals surface area contributed by atoms with Crippen molar-refractivity contribution in [2.75, 3.05) is 29.9 Å². The summed E-state index contributed by atoms with van der Waals surface area (Å²) in [5.74, 6) is 2.71. The van der Waals surface area contributed by atoms with Crippen LogP contribution in [0.15, 0.2) is 6.07 Å². The predicted molar refractivity (Wildman–Crippen MR) is 80.8 cm³/mol. The number of aryl methyl sites for hydroxylation is 1. The van der Waals surface area contributed by atoms with Gasteiger partial charge in [-0.1, -0.05) is 20.3 Å². The van der Waals surface area contributed by atoms with E-state index >= 15 is 0 Å². The van der Waals surface area contributed by atoms with E-state index in [-0.39, 0.29) is 0 Å². The highest BCUT2D eigenvalue weighted by molar-refractivity contribution is 5.45. The summed E-state index contributed by atoms with van der Waals surface area (Å²) < 4.78 is 0. The molecule has 4 nitrogen and oxygen atoms in total. The molecular weight excluding hydrogens is 236 g/mol. The zero-order valence-corrected chi connectivity index (χ0v) is 12.4. The molecule has 0 aliphatic carbocycles. The Hall–Kier alpha value is -1.32. The van der Waals surface area contributed by atoms with Gasteiger partial charge in [0, 0.05) is 31.4 Å². The first kappa shape index (κ1) is 14.1. The van der Waals surface area contributed by atoms with Crippen LogP contribution in [-0.2, 0) is 0 Å². The van der Waals surface area contributed by atoms with E-state index < -0.39 is 0 Å². The summed E-state index contributed by atoms with van der Waals surface area (Å²) in [7, 11) is 0. The molecule has 1 N–H and O–H groups in total. The molecule has 1 aliphatic rings. The van der Waals surface area contributed by atoms with Gasteiger partial charge in [-0.3, -0.25) is 0 Å². The molecule has 2 heterocycles. The Labute approximate surface area is 116 Å². The average molecular weight is 262 g/mol. The SMILES string of the molecule is CCCCNc1nc(C)cc(N2CCC(C)CC2)n1. The van der Waals surface area contributed by atoms with Crippen molar-refractivity contribution in [2.24, 2.45) is 5.92 Å². The Morgan fingerprint density at radius 2 is 2.05 bits per heavy atom. The first-order chi connectivity index (χ1) is 9.19. The van der Waals surface area contributed by atoms with Crippen LogP contribution in [0.5, 0.6) is 0 Å². The number of aromatic nitrogens is 2. The van der Waals surface area contributed by atoms with E-state index in [1.807, 2.05) is 6.92 Å². The normalized spacial score (nSPS) is 16.7. The fraction of sp³-hybridized carbons (Fsp3) is 0.733. The van der Waals surface area contributed by atoms with Gasteiger partial charge < -0.3 is 10.2 Å². The molecule has 2 rings (SSSR count). The van der Waals surface area contributed by atoms with E-state index in [1.54, 1.807) is 0 Å². The zero-order chi connectivity index (χ0) is 13.7. The quantitative estimate of drug-likeness (QED) is 0.827. The van der Waals surface area contributed by atoms with Crippen molar-refractivity contribution in [3.63, 3.8) is 0 Å². The number of unbranched alkanes of at least 4 members (excludes halogenated alkanes) is 1. The molecule has 0 amide bonds. The molecular formula is C15H26N4. The van der Waals surface area contributed by atoms with Crippen molar-refractivity contribution in [1.29, 1.82) is 0 Å². The molecule has 1 aromatic heterocycles. The number of anilines is 2. The van der Waals surface area contributed by atoms with Crippen LogP contribution in [0, 0.1) is 12.8 Å². The van der Waals surface area contributed by atoms with E-state index in [9.17, 15) is 0 Å². The second-order valence-electron chi connectivity index (χ2n) is 5.64. The van der Waals surface area contributed by atoms with Gasteiger partial charge >= 0.3 is 0 Å². The topological polar surface area (TPSA) is 41.1 Å². The maximum absolute atomic E-state index is 4.66. The van der Waals surface area contributed by atoms with Crippen molar-refractivity contribution in [3.8, 4) is 0 Å². The summed E-state index contributed by atoms with van der Waals surface area (Å²) in [4.78, 5) is 11.5. The van der Waals surface area contributed by atoms with Gasteiger partial charge in [-0.05, 0) is 32.1 Å². The van der Waals surface area contributed by atoms with Gasteiger partial charge in [0.1, 0.15) is 5.82 Å². The number of hydrogen-bond acceptors (Lipinski definition) is 4. The molecule has 4 heteroatoms. The summed E-state index contributed by atoms with van der Waals surface area (Å²) in [6.45, 7) is 9.76. The molecule has 0 spiro atoms. The standard InChI is InChI=1S/C15H26N4/c1-4-5-8-16-15-17-13(3)11-14(18-15)19-9-6-12(2)7-10-19/h11-12H,4-10H2,1-3H3,(H,16,17,18). The van der Waals surface area contributed by atoms with Crippen molar-refractivity contribution < 1.29 is 0 Å². The van der Waals surface area contributed by atoms with E-state index in [0.717, 1.165) is 49.4 Å². The molecule has 0 bridgehead atoms. The zero-order valence-electron chi connectivity index (χ0n) is 12.4. The highest BCUT2D eigenvalue weighted by atomic mass is 15.2. The van der Waals surface area contributed by atoms with E-state index in [0.29, 0.717) is 0 Å². The van der Waals surface area contributed by atoms with Gasteiger partial charge in [0.2, 0.25) is 5.95 Å². The second-order valence-corrected chi connectivity index (χ2v) is 5.64. The third kappa shape index (κ3) is 4.08. The Morgan fingerprint density at radius 1 is 1.32 bits per heavy atom. The molecule has 1 aromatic rings. The highest BCUT2D eigenvalue weighted by Gasteiger charge is 2.17. The van der Waals surface area contributed by atoms with Crippen LogP contribution in [0.1, 0.15) is 45.2 Å². The monoisotopic (exact) mass is 262 g/mol. The minimum absolute atomic E-state index is 0.780. The first-order valence-corrected chi connectivity index (χ1v) is 7.53. The molecule has 1 saturated heterocycles. The largest absolute Gasteiger partial charge is 0.356 e. The summed E-state index contributed by atoms with van der Waals surface area (Å²) in [5.41, 5.74) is 1.04. The molecule has 0 atom stereocenters. The third-order valence-electron chi connectivity index (χ3n) is 3.76. The van der Waals surface area contributed by atoms with Gasteiger partial charge in [0.15, 0.2) is 0 Å². The second kappa shape index (κ2) is 6.73. The number of hydrogen-bond donors (Lipinski definition) is 1. The maximum atomic E-state index is 4.66. The number of nitrogens with one attached hydrogen (secondary N) is 1. The summed E-state index contributed by atoms with van der Waals surface area (Å²) in [5, 5.41) is 3.33. The molecule has 0 aromatic carbocycles. The lowest BCUT2D eigenvalue weighted by molar-refractivity contribution is 0.436. The Kier molecular flexibility index (Phi) is 5.00. The Balaban J connectivity index is 2.03. The van der Waals surface area contributed by atoms with Crippen LogP contribution in [0.2, 0.25) is 0 Å². The lowest BCUT2D eigenvalue weighted by Gasteiger charge is -2.31. The molecule has 1 aliphatic heterocycles. The van der Waals surface area contributed by atoms with Gasteiger partial charge in [0.25, 0.3) is 0 Å². The molecule has 106 valence electrons. The van der Waals surface area contributed by atoms with Crippen LogP contribution in [0.3, 0.4) is 0 Å². The van der Waals surface area contributed by atoms with Crippen LogP contribution < -0.4 is 10.2 Å². The van der Waals surface area contributed by atoms with E-state index in [4.69, 9.17) is 0 Å². The fourth-order valence-corrected chi connectivity index (χ4v) is 2.41. The smallest absolute Gasteiger partial charge is 0.224 e. The van der Waals surface area contributed by atoms with Gasteiger partial charge in [0.05, 0.1) is 0 Å². The fourth-order valence-electron chi connectivity index (χ4n) is 2.41. The van der Waals surface area contributed by atoms with Crippen molar-refractivity contribution >= 4 is 11.8 Å². The van der Waals surface area contributed by atoms with Crippen molar-refractivity contribution in [2.45, 2.75) is 46.5 Å². The minimum atomic E-state index is 0.780. The molecule has 0 radical (unpaired) electrons. The van der Waals surface area contributed by atoms with Crippen molar-refractivity contribution in [3.05, 3.63) is 11.8 Å². The number of piperidine rings is 1.